The molecule has 0 fully saturated rings. The molecule has 0 radical (unpaired) electrons. The fraction of sp³-hybridized carbons (Fsp3) is 0.383. The van der Waals surface area contributed by atoms with Gasteiger partial charge in [-0.25, -0.2) is 15.2 Å². The maximum atomic E-state index is 13.4. The summed E-state index contributed by atoms with van der Waals surface area (Å²) < 4.78 is 252. The number of H-pyrrole nitrogens is 1. The molecule has 4 aliphatic heterocycles. The van der Waals surface area contributed by atoms with Crippen LogP contribution < -0.4 is 143 Å². The second-order valence-electron chi connectivity index (χ2n) is 30.2. The number of carbonyl (C=O) groups is 6. The molecule has 49 heteroatoms. The van der Waals surface area contributed by atoms with Crippen LogP contribution in [-0.4, -0.2) is 168 Å². The number of hydrogen-bond acceptors (Lipinski definition) is 20. The van der Waals surface area contributed by atoms with Crippen molar-refractivity contribution in [3.8, 4) is 34.8 Å². The molecule has 9 aromatic rings. The summed E-state index contributed by atoms with van der Waals surface area (Å²) in [6, 6.07) is 37.5. The first kappa shape index (κ1) is 129. The van der Waals surface area contributed by atoms with Gasteiger partial charge in [0, 0.05) is 61.3 Å². The van der Waals surface area contributed by atoms with E-state index in [2.05, 4.69) is 39.9 Å². The van der Waals surface area contributed by atoms with Crippen molar-refractivity contribution in [3.63, 3.8) is 0 Å². The zero-order valence-electron chi connectivity index (χ0n) is 80.7. The van der Waals surface area contributed by atoms with Gasteiger partial charge in [-0.1, -0.05) is 153 Å². The van der Waals surface area contributed by atoms with E-state index in [4.69, 9.17) is 94.1 Å². The minimum Gasteiger partial charge on any atom is -0.506 e. The summed E-state index contributed by atoms with van der Waals surface area (Å²) in [5.41, 5.74) is 13.1. The number of carbonyl (C=O) groups excluding carboxylic acids is 6. The predicted molar refractivity (Wildman–Crippen MR) is 498 cm³/mol. The first-order valence-electron chi connectivity index (χ1n) is 42.5. The molecule has 13 rings (SSSR count). The van der Waals surface area contributed by atoms with Crippen molar-refractivity contribution in [1.82, 2.24) is 35.4 Å². The number of benzene rings is 6. The number of aryl methyl sites for hydroxylation is 6. The Hall–Kier alpha value is -8.14. The Morgan fingerprint density at radius 2 is 0.853 bits per heavy atom. The van der Waals surface area contributed by atoms with Crippen LogP contribution in [0.15, 0.2) is 132 Å². The third kappa shape index (κ3) is 42.2. The molecule has 3 aromatic heterocycles. The third-order valence-corrected chi connectivity index (χ3v) is 22.2. The van der Waals surface area contributed by atoms with Crippen LogP contribution in [0.2, 0.25) is 20.1 Å². The number of aromatic amines is 1. The second kappa shape index (κ2) is 61.6. The summed E-state index contributed by atoms with van der Waals surface area (Å²) in [6.45, 7) is 20.0. The van der Waals surface area contributed by atoms with Crippen LogP contribution in [0.5, 0.6) is 34.8 Å². The number of phenolic OH excluding ortho intramolecular Hbond substituents is 1. The van der Waals surface area contributed by atoms with Gasteiger partial charge in [-0.05, 0) is 187 Å². The van der Waals surface area contributed by atoms with E-state index in [-0.39, 0.29) is 207 Å². The van der Waals surface area contributed by atoms with Crippen molar-refractivity contribution in [2.75, 3.05) is 32.4 Å². The third-order valence-electron chi connectivity index (χ3n) is 19.8. The molecule has 4 atom stereocenters. The number of aromatic nitrogens is 3. The normalized spacial score (nSPS) is 13.7. The number of fused-ring (bicyclic) bond motifs is 4. The van der Waals surface area contributed by atoms with Gasteiger partial charge in [0.2, 0.25) is 18.0 Å². The Labute approximate surface area is 928 Å². The maximum absolute atomic E-state index is 13.4. The van der Waals surface area contributed by atoms with Gasteiger partial charge < -0.3 is 63.5 Å². The van der Waals surface area contributed by atoms with E-state index in [0.29, 0.717) is 124 Å². The molecule has 7 heterocycles. The molecule has 4 aliphatic rings. The van der Waals surface area contributed by atoms with E-state index >= 15 is 0 Å². The first-order valence-corrected chi connectivity index (χ1v) is 45.2. The van der Waals surface area contributed by atoms with Crippen LogP contribution in [0.1, 0.15) is 176 Å². The molecule has 4 unspecified atom stereocenters. The molecule has 143 heavy (non-hydrogen) atoms. The van der Waals surface area contributed by atoms with Gasteiger partial charge in [0.1, 0.15) is 36.2 Å². The van der Waals surface area contributed by atoms with Crippen LogP contribution in [-0.2, 0) is 86.6 Å². The van der Waals surface area contributed by atoms with Crippen molar-refractivity contribution in [3.05, 3.63) is 271 Å². The number of aldehydes is 1. The quantitative estimate of drug-likeness (QED) is 0.00652. The SMILES string of the molecule is C.CC(OS(C)(=O)=O)C(F)(F)F.CC(Oc1ccc2c(c1Cl)C(=O)NCC2)C(F)(F)F.Cc1cc(C)c(CCl)c(OCc2ccccc2)n1.Cc1cc(C)c(CN2CCc3ccc(OC(C)C(F)(F)F)c(Cl)c3C2=O)c(=O)[nH]1.Cc1cc(C)c(CN2CCc3ccc(OC(C)C(F)(F)F)c(Cl)c3C2=O)c(OCc2ccccc2)n1.O=C1NCCc2ccc(O)c(Cl)c21.O=CC(F)(F)F.[2H]CC.[2H]OOC=O.[CH2-]F.[K+].[K+]. The molecular formula is C94H103Cl5F16K2N7O18S+. The number of phenols is 1. The second-order valence-corrected chi connectivity index (χ2v) is 33.6. The van der Waals surface area contributed by atoms with Crippen LogP contribution in [0.4, 0.5) is 70.2 Å². The minimum absolute atomic E-state index is 0. The summed E-state index contributed by atoms with van der Waals surface area (Å²) in [5.74, 6) is -0.461. The molecule has 0 bridgehead atoms. The number of amides is 4. The number of aromatic hydroxyl groups is 1. The van der Waals surface area contributed by atoms with Gasteiger partial charge in [0.05, 0.1) is 67.6 Å². The fourth-order valence-electron chi connectivity index (χ4n) is 12.8. The van der Waals surface area contributed by atoms with Crippen molar-refractivity contribution in [1.29, 1.82) is 1.43 Å². The summed E-state index contributed by atoms with van der Waals surface area (Å²) in [7, 11) is -2.28. The summed E-state index contributed by atoms with van der Waals surface area (Å²) in [6.07, 6.45) is -29.4. The van der Waals surface area contributed by atoms with Gasteiger partial charge >= 0.3 is 140 Å². The smallest absolute Gasteiger partial charge is 0.506 e. The Balaban J connectivity index is 0.000000870. The zero-order valence-corrected chi connectivity index (χ0v) is 89.6. The van der Waals surface area contributed by atoms with Crippen molar-refractivity contribution in [2.24, 2.45) is 0 Å². The Kier molecular flexibility index (Phi) is 55.6. The molecule has 4 amide bonds. The van der Waals surface area contributed by atoms with Gasteiger partial charge in [-0.15, -0.1) is 11.6 Å². The van der Waals surface area contributed by atoms with E-state index in [0.717, 1.165) is 88.8 Å². The number of ether oxygens (including phenoxy) is 5. The molecule has 0 aliphatic carbocycles. The van der Waals surface area contributed by atoms with Crippen LogP contribution in [0, 0.1) is 48.7 Å². The number of hydrogen-bond donors (Lipinski definition) is 5. The van der Waals surface area contributed by atoms with E-state index in [1.54, 1.807) is 57.1 Å². The van der Waals surface area contributed by atoms with Crippen LogP contribution in [0.3, 0.4) is 0 Å². The fourth-order valence-corrected chi connectivity index (χ4v) is 15.0. The van der Waals surface area contributed by atoms with Crippen molar-refractivity contribution in [2.45, 2.75) is 204 Å². The topological polar surface area (TPSA) is 331 Å². The molecule has 6 aromatic carbocycles. The first-order chi connectivity index (χ1) is 66.2. The molecule has 0 spiro atoms. The standard InChI is InChI=1S/C27H26ClF3N2O3.C20H20ClF3N2O3.C15H16ClNO.C12H11ClF3NO2.C9H8ClNO2.C4H7F3O3S.C2HF3O.C2H6.CH2F.CH2O3.CH4.2K/c1-16-13-17(2)32-25(35-15-19-7-5-4-6-8-19)21(16)14-33-12-11-20-9-10-22(24(28)23(20)26(33)34)36-18(3)27(29,30)31;1-10-8-11(2)25-18(27)14(10)9-26-7-6-13-4-5-15(17(21)16(13)19(26)28)29-12(3)20(22,23)24;1-11-8-12(2)17-15(14(11)9-16)18-10-13-6-4-3-5-7-13;1-6(12(14,15)16)19-8-3-2-7-4-5-17-11(18)9(7)10(8)13;10-8-6(12)2-1-5-3-4-11-9(13)7(5)8;1-3(4(5,6)7)10-11(2,8)9;3-2(4,5)1-6;2*1-2;2-1-4-3;;;/h4-10,13,18H,11-12,14-15H2,1-3H3;4-5,8,12H,6-7,9H2,1-3H3,(H,25,27);3-8H,9-10H2,1-2H3;2-3,6H,4-5H2,1H3,(H,17,18);1-2,12H,3-4H2,(H,11,13);3H,1-2H3;1H;1-2H3;1H2;1,3H;1H4;;/q;;;;;;;;-1;;;2*+1/i;;;;;;;1D;;;;;/hD. The van der Waals surface area contributed by atoms with Crippen molar-refractivity contribution >= 4 is 105 Å². The number of nitrogens with zero attached hydrogens (tertiary/aromatic N) is 4. The van der Waals surface area contributed by atoms with Crippen LogP contribution >= 0.6 is 58.0 Å². The number of halogens is 21. The van der Waals surface area contributed by atoms with Gasteiger partial charge in [-0.2, -0.15) is 81.5 Å². The van der Waals surface area contributed by atoms with Gasteiger partial charge in [-0.3, -0.25) is 37.7 Å². The molecule has 776 valence electrons. The molecule has 25 nitrogen and oxygen atoms in total. The Morgan fingerprint density at radius 3 is 1.18 bits per heavy atom. The molecule has 0 saturated carbocycles. The van der Waals surface area contributed by atoms with Gasteiger partial charge in [0.25, 0.3) is 40.7 Å². The average Bonchev–Trinajstić information content (AvgIpc) is 0.768. The van der Waals surface area contributed by atoms with E-state index < -0.39 is 83.5 Å². The molecule has 0 saturated heterocycles. The number of pyridine rings is 3. The summed E-state index contributed by atoms with van der Waals surface area (Å²) in [5, 5.41) is 17.4. The number of nitrogens with one attached hydrogen (secondary N) is 3. The Bertz CT molecular complexity index is 5920. The molecular weight excluding hydrogens is 2110 g/mol. The summed E-state index contributed by atoms with van der Waals surface area (Å²) >= 11 is 30.4. The number of alkyl halides is 16. The van der Waals surface area contributed by atoms with E-state index in [9.17, 15) is 108 Å². The predicted octanol–water partition coefficient (Wildman–Crippen LogP) is 16.6. The average molecular weight is 2210 g/mol. The van der Waals surface area contributed by atoms with E-state index in [1.165, 1.54) is 29.2 Å². The monoisotopic (exact) mass is 2210 g/mol. The van der Waals surface area contributed by atoms with Crippen molar-refractivity contribution < 1.29 is 255 Å². The van der Waals surface area contributed by atoms with Crippen LogP contribution in [0.25, 0.3) is 1.43 Å². The van der Waals surface area contributed by atoms with Gasteiger partial charge in [0.15, 0.2) is 24.4 Å². The Morgan fingerprint density at radius 1 is 0.517 bits per heavy atom. The zero-order chi connectivity index (χ0) is 107. The largest absolute Gasteiger partial charge is 1.00 e. The van der Waals surface area contributed by atoms with E-state index in [1.807, 2.05) is 107 Å². The number of rotatable bonds is 21. The molecule has 5 N–H and O–H groups in total. The maximum Gasteiger partial charge on any atom is 1.00 e. The summed E-state index contributed by atoms with van der Waals surface area (Å²) in [4.78, 5) is 97.5. The minimum atomic E-state index is -4.64.